The molecule has 4 nitrogen and oxygen atoms in total. The van der Waals surface area contributed by atoms with Crippen LogP contribution in [0, 0.1) is 17.8 Å². The van der Waals surface area contributed by atoms with Crippen LogP contribution in [0.3, 0.4) is 0 Å². The highest BCUT2D eigenvalue weighted by Crippen LogP contribution is 2.51. The molecule has 4 heteroatoms. The zero-order chi connectivity index (χ0) is 32.7. The van der Waals surface area contributed by atoms with Crippen molar-refractivity contribution in [3.05, 3.63) is 135 Å². The van der Waals surface area contributed by atoms with Crippen LogP contribution >= 0.6 is 0 Å². The number of benzene rings is 1. The molecule has 2 aliphatic heterocycles. The predicted octanol–water partition coefficient (Wildman–Crippen LogP) is 8.88. The van der Waals surface area contributed by atoms with Crippen LogP contribution in [-0.2, 0) is 6.42 Å². The van der Waals surface area contributed by atoms with Gasteiger partial charge in [-0.25, -0.2) is 0 Å². The maximum atomic E-state index is 4.22. The van der Waals surface area contributed by atoms with Crippen molar-refractivity contribution in [3.63, 3.8) is 0 Å². The van der Waals surface area contributed by atoms with Crippen molar-refractivity contribution in [1.82, 2.24) is 20.9 Å². The Kier molecular flexibility index (Phi) is 8.92. The summed E-state index contributed by atoms with van der Waals surface area (Å²) in [5, 5.41) is 12.0. The van der Waals surface area contributed by atoms with Gasteiger partial charge in [0.15, 0.2) is 0 Å². The van der Waals surface area contributed by atoms with Crippen molar-refractivity contribution in [3.8, 4) is 0 Å². The zero-order valence-corrected chi connectivity index (χ0v) is 29.4. The van der Waals surface area contributed by atoms with E-state index in [0.29, 0.717) is 23.9 Å². The van der Waals surface area contributed by atoms with Gasteiger partial charge in [0.2, 0.25) is 0 Å². The molecule has 2 heterocycles. The average Bonchev–Trinajstić information content (AvgIpc) is 3.18. The van der Waals surface area contributed by atoms with Crippen molar-refractivity contribution in [2.45, 2.75) is 95.5 Å². The van der Waals surface area contributed by atoms with Gasteiger partial charge in [-0.2, -0.15) is 0 Å². The summed E-state index contributed by atoms with van der Waals surface area (Å²) >= 11 is 0. The maximum Gasteiger partial charge on any atom is 0.0868 e. The van der Waals surface area contributed by atoms with E-state index in [1.807, 2.05) is 0 Å². The smallest absolute Gasteiger partial charge is 0.0868 e. The molecule has 0 bridgehead atoms. The molecule has 0 radical (unpaired) electrons. The van der Waals surface area contributed by atoms with Gasteiger partial charge in [0.1, 0.15) is 0 Å². The summed E-state index contributed by atoms with van der Waals surface area (Å²) in [6.45, 7) is 2.07. The van der Waals surface area contributed by atoms with Crippen LogP contribution in [-0.4, -0.2) is 37.4 Å². The second kappa shape index (κ2) is 13.8. The van der Waals surface area contributed by atoms with Gasteiger partial charge >= 0.3 is 0 Å². The molecule has 6 unspecified atom stereocenters. The van der Waals surface area contributed by atoms with E-state index in [1.54, 1.807) is 39.0 Å². The Balaban J connectivity index is 1.10. The number of hydrogen-bond donors (Lipinski definition) is 3. The molecule has 8 aliphatic rings. The van der Waals surface area contributed by atoms with Gasteiger partial charge < -0.3 is 5.32 Å². The highest BCUT2D eigenvalue weighted by Gasteiger charge is 2.43. The number of hydrogen-bond acceptors (Lipinski definition) is 4. The molecule has 1 fully saturated rings. The highest BCUT2D eigenvalue weighted by molar-refractivity contribution is 5.61. The molecule has 6 aliphatic carbocycles. The maximum absolute atomic E-state index is 4.22. The molecule has 3 N–H and O–H groups in total. The van der Waals surface area contributed by atoms with E-state index in [1.165, 1.54) is 61.6 Å². The Morgan fingerprint density at radius 2 is 1.65 bits per heavy atom. The fourth-order valence-corrected chi connectivity index (χ4v) is 10.5. The molecular weight excluding hydrogens is 597 g/mol. The third-order valence-corrected chi connectivity index (χ3v) is 13.0. The second-order valence-corrected chi connectivity index (χ2v) is 15.7. The van der Waals surface area contributed by atoms with Gasteiger partial charge in [-0.3, -0.25) is 15.5 Å². The Morgan fingerprint density at radius 3 is 2.53 bits per heavy atom. The van der Waals surface area contributed by atoms with Crippen LogP contribution in [0.5, 0.6) is 0 Å². The van der Waals surface area contributed by atoms with E-state index >= 15 is 0 Å². The second-order valence-electron chi connectivity index (χ2n) is 15.7. The summed E-state index contributed by atoms with van der Waals surface area (Å²) in [6.07, 6.45) is 41.8. The minimum atomic E-state index is 0.108. The molecule has 1 saturated heterocycles. The first-order valence-corrected chi connectivity index (χ1v) is 19.5. The summed E-state index contributed by atoms with van der Waals surface area (Å²) < 4.78 is 0. The van der Waals surface area contributed by atoms with Crippen molar-refractivity contribution >= 4 is 6.08 Å². The van der Waals surface area contributed by atoms with E-state index < -0.39 is 0 Å². The van der Waals surface area contributed by atoms with Crippen LogP contribution < -0.4 is 16.0 Å². The number of nitrogens with one attached hydrogen (secondary N) is 3. The Morgan fingerprint density at radius 1 is 0.776 bits per heavy atom. The minimum Gasteiger partial charge on any atom is -0.313 e. The molecule has 0 amide bonds. The number of rotatable bonds is 5. The van der Waals surface area contributed by atoms with Crippen molar-refractivity contribution in [1.29, 1.82) is 0 Å². The van der Waals surface area contributed by atoms with E-state index in [9.17, 15) is 0 Å². The molecule has 0 aromatic heterocycles. The summed E-state index contributed by atoms with van der Waals surface area (Å²) in [6, 6.07) is 6.99. The number of nitrogens with zero attached hydrogens (tertiary/aromatic N) is 1. The fraction of sp³-hybridized carbons (Fsp3) is 0.467. The minimum absolute atomic E-state index is 0.108. The van der Waals surface area contributed by atoms with Gasteiger partial charge in [0.25, 0.3) is 0 Å². The standard InChI is InChI=1S/C45H54N4/c1-49-44(32-13-3-2-4-14-32)47-43(40-21-11-16-30-12-5-7-17-35(30)40)48-45(49)34-22-23-37(31-24-26-46-27-25-31)41(29-34)42-28-33-15-6-8-18-36(33)38-19-9-10-20-39(38)42/h2-3,6-7,10-11,15-17,20-24,32,41-48H,4-5,8-9,12-14,18-19,25-29H2,1H3. The molecule has 6 atom stereocenters. The molecule has 49 heavy (non-hydrogen) atoms. The zero-order valence-electron chi connectivity index (χ0n) is 29.4. The topological polar surface area (TPSA) is 39.3 Å². The number of likely N-dealkylation sites (N-methyl/N-ethyl adjacent to an activating group) is 1. The lowest BCUT2D eigenvalue weighted by Crippen LogP contribution is -2.66. The molecule has 0 spiro atoms. The molecule has 1 aromatic rings. The van der Waals surface area contributed by atoms with Crippen molar-refractivity contribution in [2.75, 3.05) is 20.1 Å². The lowest BCUT2D eigenvalue weighted by atomic mass is 9.64. The lowest BCUT2D eigenvalue weighted by molar-refractivity contribution is 0.0208. The average molecular weight is 651 g/mol. The van der Waals surface area contributed by atoms with Crippen molar-refractivity contribution in [2.24, 2.45) is 17.8 Å². The Hall–Kier alpha value is -3.28. The number of aryl methyl sites for hydroxylation is 1. The van der Waals surface area contributed by atoms with Crippen LogP contribution in [0.25, 0.3) is 6.08 Å². The molecule has 0 saturated carbocycles. The van der Waals surface area contributed by atoms with Gasteiger partial charge in [-0.1, -0.05) is 85.0 Å². The molecule has 1 aromatic carbocycles. The van der Waals surface area contributed by atoms with Gasteiger partial charge in [0, 0.05) is 6.54 Å². The number of fused-ring (bicyclic) bond motifs is 2. The normalized spacial score (nSPS) is 33.0. The Labute approximate surface area is 294 Å². The molecule has 9 rings (SSSR count). The molecule has 254 valence electrons. The van der Waals surface area contributed by atoms with E-state index in [-0.39, 0.29) is 12.3 Å². The number of allylic oxidation sites excluding steroid dienone is 14. The highest BCUT2D eigenvalue weighted by atomic mass is 15.4. The van der Waals surface area contributed by atoms with Crippen LogP contribution in [0.15, 0.2) is 118 Å². The predicted molar refractivity (Wildman–Crippen MR) is 203 cm³/mol. The monoisotopic (exact) mass is 650 g/mol. The van der Waals surface area contributed by atoms with Gasteiger partial charge in [-0.15, -0.1) is 0 Å². The van der Waals surface area contributed by atoms with E-state index in [2.05, 4.69) is 113 Å². The van der Waals surface area contributed by atoms with Crippen LogP contribution in [0.4, 0.5) is 0 Å². The quantitative estimate of drug-likeness (QED) is 0.279. The first kappa shape index (κ1) is 31.7. The summed E-state index contributed by atoms with van der Waals surface area (Å²) in [5.41, 5.74) is 15.7. The Bertz CT molecular complexity index is 1760. The third kappa shape index (κ3) is 5.99. The van der Waals surface area contributed by atoms with Crippen molar-refractivity contribution < 1.29 is 0 Å². The summed E-state index contributed by atoms with van der Waals surface area (Å²) in [7, 11) is 2.38. The van der Waals surface area contributed by atoms with Gasteiger partial charge in [-0.05, 0) is 164 Å². The summed E-state index contributed by atoms with van der Waals surface area (Å²) in [5.74, 6) is 1.60. The fourth-order valence-electron chi connectivity index (χ4n) is 10.5. The lowest BCUT2D eigenvalue weighted by Gasteiger charge is -2.50. The van der Waals surface area contributed by atoms with Crippen LogP contribution in [0.2, 0.25) is 0 Å². The largest absolute Gasteiger partial charge is 0.313 e. The molecular formula is C45H54N4. The van der Waals surface area contributed by atoms with Crippen LogP contribution in [0.1, 0.15) is 93.5 Å². The van der Waals surface area contributed by atoms with E-state index in [4.69, 9.17) is 0 Å². The first-order chi connectivity index (χ1) is 24.2. The third-order valence-electron chi connectivity index (χ3n) is 13.0. The van der Waals surface area contributed by atoms with Gasteiger partial charge in [0.05, 0.1) is 18.5 Å². The first-order valence-electron chi connectivity index (χ1n) is 19.5. The SMILES string of the molecule is CN1C(C2=CC=C(C3=CCNCC3)C(C3CC4=C(CCC=C4)C4=C3C=CCC4)C2)NC(c2cccc3c2C=CCC3)NC1C1CC=CCC1. The van der Waals surface area contributed by atoms with E-state index in [0.717, 1.165) is 45.2 Å². The summed E-state index contributed by atoms with van der Waals surface area (Å²) in [4.78, 5) is 2.66.